The molecule has 0 aliphatic carbocycles. The van der Waals surface area contributed by atoms with Crippen molar-refractivity contribution in [1.82, 2.24) is 5.32 Å². The van der Waals surface area contributed by atoms with Crippen molar-refractivity contribution in [3.63, 3.8) is 0 Å². The number of aliphatic hydroxyl groups is 3. The summed E-state index contributed by atoms with van der Waals surface area (Å²) in [6.45, 7) is 4.55. The van der Waals surface area contributed by atoms with E-state index in [0.717, 1.165) is 18.1 Å². The Morgan fingerprint density at radius 2 is 2.28 bits per heavy atom. The molecule has 4 N–H and O–H groups in total. The van der Waals surface area contributed by atoms with Gasteiger partial charge in [-0.25, -0.2) is 0 Å². The second kappa shape index (κ2) is 7.96. The molecule has 6 nitrogen and oxygen atoms in total. The minimum Gasteiger partial charge on any atom is -0.394 e. The molecule has 4 atom stereocenters. The summed E-state index contributed by atoms with van der Waals surface area (Å²) in [4.78, 5) is 4.26. The summed E-state index contributed by atoms with van der Waals surface area (Å²) in [6, 6.07) is 0. The van der Waals surface area contributed by atoms with E-state index in [1.54, 1.807) is 0 Å². The van der Waals surface area contributed by atoms with Crippen molar-refractivity contribution in [2.45, 2.75) is 44.0 Å². The van der Waals surface area contributed by atoms with Gasteiger partial charge in [-0.05, 0) is 13.3 Å². The lowest BCUT2D eigenvalue weighted by atomic mass is 10.1. The summed E-state index contributed by atoms with van der Waals surface area (Å²) in [5.41, 5.74) is -0.227. The number of thioether (sulfide) groups is 1. The molecule has 0 aromatic carbocycles. The van der Waals surface area contributed by atoms with Crippen molar-refractivity contribution in [3.8, 4) is 0 Å². The highest BCUT2D eigenvalue weighted by Crippen LogP contribution is 2.23. The molecule has 0 saturated heterocycles. The maximum atomic E-state index is 9.66. The predicted octanol–water partition coefficient (Wildman–Crippen LogP) is -0.466. The van der Waals surface area contributed by atoms with E-state index in [0.29, 0.717) is 6.54 Å². The molecule has 0 radical (unpaired) electrons. The minimum absolute atomic E-state index is 0.227. The van der Waals surface area contributed by atoms with Gasteiger partial charge in [0, 0.05) is 6.54 Å². The van der Waals surface area contributed by atoms with Gasteiger partial charge >= 0.3 is 0 Å². The Morgan fingerprint density at radius 3 is 2.83 bits per heavy atom. The summed E-state index contributed by atoms with van der Waals surface area (Å²) in [5, 5.41) is 32.1. The molecule has 1 aliphatic heterocycles. The minimum atomic E-state index is -1.09. The van der Waals surface area contributed by atoms with Crippen LogP contribution in [-0.4, -0.2) is 63.9 Å². The van der Waals surface area contributed by atoms with Gasteiger partial charge in [0.2, 0.25) is 0 Å². The molecule has 1 rings (SSSR count). The number of nitrogens with zero attached hydrogens (tertiary/aromatic N) is 1. The van der Waals surface area contributed by atoms with Crippen molar-refractivity contribution in [1.29, 1.82) is 0 Å². The van der Waals surface area contributed by atoms with E-state index in [9.17, 15) is 10.2 Å². The molecule has 0 aromatic rings. The lowest BCUT2D eigenvalue weighted by Gasteiger charge is -2.25. The van der Waals surface area contributed by atoms with Crippen molar-refractivity contribution < 1.29 is 20.1 Å². The van der Waals surface area contributed by atoms with E-state index in [-0.39, 0.29) is 12.0 Å². The molecular weight excluding hydrogens is 256 g/mol. The highest BCUT2D eigenvalue weighted by Gasteiger charge is 2.29. The number of ether oxygens (including phenoxy) is 1. The molecule has 0 bridgehead atoms. The Kier molecular flexibility index (Phi) is 6.95. The number of nitrogens with one attached hydrogen (secondary N) is 1. The third kappa shape index (κ3) is 4.74. The zero-order valence-corrected chi connectivity index (χ0v) is 11.6. The van der Waals surface area contributed by atoms with Crippen LogP contribution in [0.3, 0.4) is 0 Å². The van der Waals surface area contributed by atoms with Crippen LogP contribution >= 0.6 is 11.8 Å². The Bertz CT molecular complexity index is 276. The van der Waals surface area contributed by atoms with Crippen LogP contribution in [0.4, 0.5) is 0 Å². The second-order valence-electron chi connectivity index (χ2n) is 4.21. The zero-order valence-electron chi connectivity index (χ0n) is 10.7. The molecule has 1 aliphatic rings. The van der Waals surface area contributed by atoms with Gasteiger partial charge in [-0.3, -0.25) is 4.99 Å². The topological polar surface area (TPSA) is 94.3 Å². The van der Waals surface area contributed by atoms with Crippen LogP contribution in [-0.2, 0) is 4.74 Å². The molecule has 1 unspecified atom stereocenters. The summed E-state index contributed by atoms with van der Waals surface area (Å²) in [5.74, 6) is 0. The Labute approximate surface area is 111 Å². The molecule has 0 spiro atoms. The van der Waals surface area contributed by atoms with Crippen molar-refractivity contribution >= 4 is 16.9 Å². The average Bonchev–Trinajstić information content (AvgIpc) is 2.80. The lowest BCUT2D eigenvalue weighted by molar-refractivity contribution is -0.107. The summed E-state index contributed by atoms with van der Waals surface area (Å²) in [6.07, 6.45) is -1.80. The Morgan fingerprint density at radius 1 is 1.56 bits per heavy atom. The number of hydrogen-bond donors (Lipinski definition) is 4. The fourth-order valence-corrected chi connectivity index (χ4v) is 2.42. The third-order valence-corrected chi connectivity index (χ3v) is 3.55. The molecule has 0 fully saturated rings. The number of hydrogen-bond acceptors (Lipinski definition) is 7. The molecule has 106 valence electrons. The van der Waals surface area contributed by atoms with E-state index < -0.39 is 18.3 Å². The maximum absolute atomic E-state index is 9.66. The van der Waals surface area contributed by atoms with Crippen molar-refractivity contribution in [2.24, 2.45) is 4.99 Å². The van der Waals surface area contributed by atoms with Gasteiger partial charge in [0.1, 0.15) is 17.6 Å². The van der Waals surface area contributed by atoms with Crippen LogP contribution < -0.4 is 5.32 Å². The third-order valence-electron chi connectivity index (χ3n) is 2.53. The standard InChI is InChI=1S/C11H22N2O4S/c1-3-4-12-11-13-5-9(18-11)17-8(6-14)10(16)7(2)15/h7-10,14-16H,3-6H2,1-2H3,(H,12,13)/t7-,8-,9?,10+/m1/s1. The highest BCUT2D eigenvalue weighted by molar-refractivity contribution is 8.14. The predicted molar refractivity (Wildman–Crippen MR) is 71.6 cm³/mol. The Balaban J connectivity index is 2.35. The average molecular weight is 278 g/mol. The summed E-state index contributed by atoms with van der Waals surface area (Å²) >= 11 is 1.44. The first-order chi connectivity index (χ1) is 8.58. The monoisotopic (exact) mass is 278 g/mol. The van der Waals surface area contributed by atoms with Gasteiger partial charge in [0.15, 0.2) is 5.17 Å². The summed E-state index contributed by atoms with van der Waals surface area (Å²) in [7, 11) is 0. The van der Waals surface area contributed by atoms with Crippen LogP contribution in [0.2, 0.25) is 0 Å². The van der Waals surface area contributed by atoms with Crippen LogP contribution in [0.5, 0.6) is 0 Å². The van der Waals surface area contributed by atoms with Gasteiger partial charge in [0.05, 0.1) is 19.3 Å². The van der Waals surface area contributed by atoms with Crippen LogP contribution in [0.1, 0.15) is 20.3 Å². The number of aliphatic hydroxyl groups excluding tert-OH is 3. The molecule has 7 heteroatoms. The molecule has 0 aromatic heterocycles. The van der Waals surface area contributed by atoms with Crippen LogP contribution in [0.15, 0.2) is 4.99 Å². The van der Waals surface area contributed by atoms with E-state index >= 15 is 0 Å². The first-order valence-electron chi connectivity index (χ1n) is 6.15. The largest absolute Gasteiger partial charge is 0.394 e. The SMILES string of the molecule is CCCNC1=NCC(O[C@H](CO)[C@@H](O)[C@@H](C)O)S1. The quantitative estimate of drug-likeness (QED) is 0.503. The molecule has 18 heavy (non-hydrogen) atoms. The van der Waals surface area contributed by atoms with E-state index in [1.165, 1.54) is 18.7 Å². The van der Waals surface area contributed by atoms with E-state index in [1.807, 2.05) is 0 Å². The molecule has 0 saturated carbocycles. The van der Waals surface area contributed by atoms with Gasteiger partial charge in [-0.15, -0.1) is 0 Å². The second-order valence-corrected chi connectivity index (χ2v) is 5.36. The maximum Gasteiger partial charge on any atom is 0.159 e. The fourth-order valence-electron chi connectivity index (χ4n) is 1.49. The van der Waals surface area contributed by atoms with Crippen molar-refractivity contribution in [2.75, 3.05) is 19.7 Å². The van der Waals surface area contributed by atoms with Gasteiger partial charge in [-0.2, -0.15) is 0 Å². The smallest absolute Gasteiger partial charge is 0.159 e. The zero-order chi connectivity index (χ0) is 13.5. The molecule has 1 heterocycles. The fraction of sp³-hybridized carbons (Fsp3) is 0.909. The van der Waals surface area contributed by atoms with Crippen LogP contribution in [0, 0.1) is 0 Å². The van der Waals surface area contributed by atoms with E-state index in [2.05, 4.69) is 17.2 Å². The highest BCUT2D eigenvalue weighted by atomic mass is 32.2. The lowest BCUT2D eigenvalue weighted by Crippen LogP contribution is -2.41. The number of aliphatic imine (C=N–C) groups is 1. The first-order valence-corrected chi connectivity index (χ1v) is 7.03. The summed E-state index contributed by atoms with van der Waals surface area (Å²) < 4.78 is 5.54. The van der Waals surface area contributed by atoms with Crippen molar-refractivity contribution in [3.05, 3.63) is 0 Å². The normalized spacial score (nSPS) is 24.5. The molecular formula is C11H22N2O4S. The number of amidine groups is 1. The molecule has 0 amide bonds. The van der Waals surface area contributed by atoms with Crippen LogP contribution in [0.25, 0.3) is 0 Å². The number of rotatable bonds is 7. The van der Waals surface area contributed by atoms with E-state index in [4.69, 9.17) is 9.84 Å². The van der Waals surface area contributed by atoms with Gasteiger partial charge in [0.25, 0.3) is 0 Å². The first kappa shape index (κ1) is 15.7. The Hall–Kier alpha value is -0.340. The van der Waals surface area contributed by atoms with Gasteiger partial charge in [-0.1, -0.05) is 18.7 Å². The van der Waals surface area contributed by atoms with Gasteiger partial charge < -0.3 is 25.4 Å².